The van der Waals surface area contributed by atoms with Gasteiger partial charge in [0, 0.05) is 19.8 Å². The van der Waals surface area contributed by atoms with Crippen LogP contribution in [0, 0.1) is 18.6 Å². The van der Waals surface area contributed by atoms with E-state index in [4.69, 9.17) is 0 Å². The molecule has 0 unspecified atom stereocenters. The Bertz CT molecular complexity index is 1070. The Balaban J connectivity index is 1.75. The lowest BCUT2D eigenvalue weighted by Gasteiger charge is -2.38. The van der Waals surface area contributed by atoms with Crippen molar-refractivity contribution in [3.8, 4) is 0 Å². The minimum absolute atomic E-state index is 0.302. The Kier molecular flexibility index (Phi) is 4.62. The average Bonchev–Trinajstić information content (AvgIpc) is 2.70. The summed E-state index contributed by atoms with van der Waals surface area (Å²) in [4.78, 5) is 24.5. The molecule has 0 saturated heterocycles. The first-order chi connectivity index (χ1) is 13.9. The van der Waals surface area contributed by atoms with Crippen LogP contribution in [-0.4, -0.2) is 30.0 Å². The Hall–Kier alpha value is -3.55. The highest BCUT2D eigenvalue weighted by atomic mass is 19.1. The van der Waals surface area contributed by atoms with E-state index in [0.717, 1.165) is 23.4 Å². The third kappa shape index (κ3) is 3.26. The molecule has 1 amide bonds. The lowest BCUT2D eigenvalue weighted by molar-refractivity contribution is -0.120. The molecule has 1 atom stereocenters. The average molecular weight is 395 g/mol. The first-order valence-corrected chi connectivity index (χ1v) is 9.02. The highest BCUT2D eigenvalue weighted by molar-refractivity contribution is 6.04. The number of amides is 1. The van der Waals surface area contributed by atoms with Crippen LogP contribution in [0.3, 0.4) is 0 Å². The topological polar surface area (TPSA) is 61.4 Å². The van der Waals surface area contributed by atoms with Crippen molar-refractivity contribution in [1.29, 1.82) is 0 Å². The van der Waals surface area contributed by atoms with Gasteiger partial charge in [-0.2, -0.15) is 4.98 Å². The summed E-state index contributed by atoms with van der Waals surface area (Å²) in [7, 11) is 3.12. The summed E-state index contributed by atoms with van der Waals surface area (Å²) in [6.45, 7) is 1.99. The maximum absolute atomic E-state index is 14.4. The summed E-state index contributed by atoms with van der Waals surface area (Å²) in [5, 5.41) is 3.10. The summed E-state index contributed by atoms with van der Waals surface area (Å²) >= 11 is 0. The van der Waals surface area contributed by atoms with E-state index >= 15 is 0 Å². The fourth-order valence-corrected chi connectivity index (χ4v) is 3.37. The number of benzene rings is 2. The SMILES string of the molecule is Cc1ccc(Nc2ncc3c(n2)N(C)[C@H](c2c(F)cccc2F)C(=O)N3C)cc1. The number of carbonyl (C=O) groups is 1. The van der Waals surface area contributed by atoms with Gasteiger partial charge in [-0.15, -0.1) is 0 Å². The number of anilines is 4. The van der Waals surface area contributed by atoms with Gasteiger partial charge in [-0.1, -0.05) is 23.8 Å². The number of hydrogen-bond donors (Lipinski definition) is 1. The van der Waals surface area contributed by atoms with Crippen LogP contribution in [0.1, 0.15) is 17.2 Å². The molecule has 0 radical (unpaired) electrons. The van der Waals surface area contributed by atoms with Crippen LogP contribution >= 0.6 is 0 Å². The van der Waals surface area contributed by atoms with Crippen molar-refractivity contribution in [3.05, 3.63) is 71.4 Å². The molecule has 8 heteroatoms. The van der Waals surface area contributed by atoms with Crippen molar-refractivity contribution in [2.45, 2.75) is 13.0 Å². The summed E-state index contributed by atoms with van der Waals surface area (Å²) in [5.74, 6) is -1.32. The van der Waals surface area contributed by atoms with E-state index in [1.165, 1.54) is 29.1 Å². The number of aryl methyl sites for hydroxylation is 1. The lowest BCUT2D eigenvalue weighted by Crippen LogP contribution is -2.46. The number of hydrogen-bond acceptors (Lipinski definition) is 5. The number of nitrogens with zero attached hydrogens (tertiary/aromatic N) is 4. The summed E-state index contributed by atoms with van der Waals surface area (Å²) in [6, 6.07) is 10.1. The number of likely N-dealkylation sites (N-methyl/N-ethyl adjacent to an activating group) is 2. The van der Waals surface area contributed by atoms with E-state index in [-0.39, 0.29) is 5.56 Å². The maximum Gasteiger partial charge on any atom is 0.254 e. The van der Waals surface area contributed by atoms with Crippen molar-refractivity contribution in [2.24, 2.45) is 0 Å². The smallest absolute Gasteiger partial charge is 0.254 e. The van der Waals surface area contributed by atoms with Gasteiger partial charge < -0.3 is 15.1 Å². The van der Waals surface area contributed by atoms with E-state index in [1.54, 1.807) is 7.05 Å². The van der Waals surface area contributed by atoms with Crippen LogP contribution in [0.25, 0.3) is 0 Å². The molecule has 0 spiro atoms. The fraction of sp³-hybridized carbons (Fsp3) is 0.190. The van der Waals surface area contributed by atoms with Gasteiger partial charge in [0.1, 0.15) is 23.4 Å². The molecule has 1 aliphatic heterocycles. The lowest BCUT2D eigenvalue weighted by atomic mass is 10.0. The van der Waals surface area contributed by atoms with Gasteiger partial charge in [-0.05, 0) is 31.2 Å². The van der Waals surface area contributed by atoms with Gasteiger partial charge in [0.2, 0.25) is 5.95 Å². The van der Waals surface area contributed by atoms with Gasteiger partial charge in [0.15, 0.2) is 5.82 Å². The molecular formula is C21H19F2N5O. The van der Waals surface area contributed by atoms with Crippen molar-refractivity contribution >= 4 is 29.0 Å². The van der Waals surface area contributed by atoms with Crippen molar-refractivity contribution in [2.75, 3.05) is 29.2 Å². The van der Waals surface area contributed by atoms with Gasteiger partial charge in [-0.3, -0.25) is 4.79 Å². The number of aromatic nitrogens is 2. The molecule has 0 saturated carbocycles. The zero-order valence-electron chi connectivity index (χ0n) is 16.1. The van der Waals surface area contributed by atoms with Gasteiger partial charge in [0.05, 0.1) is 11.8 Å². The predicted molar refractivity (Wildman–Crippen MR) is 107 cm³/mol. The minimum atomic E-state index is -1.17. The first-order valence-electron chi connectivity index (χ1n) is 9.02. The van der Waals surface area contributed by atoms with Crippen LogP contribution in [0.5, 0.6) is 0 Å². The Morgan fingerprint density at radius 3 is 2.34 bits per heavy atom. The predicted octanol–water partition coefficient (Wildman–Crippen LogP) is 3.96. The summed E-state index contributed by atoms with van der Waals surface area (Å²) < 4.78 is 28.8. The third-order valence-electron chi connectivity index (χ3n) is 4.98. The molecule has 148 valence electrons. The highest BCUT2D eigenvalue weighted by Crippen LogP contribution is 2.40. The Labute approximate surface area is 166 Å². The van der Waals surface area contributed by atoms with Crippen LogP contribution in [0.2, 0.25) is 0 Å². The van der Waals surface area contributed by atoms with Crippen LogP contribution < -0.4 is 15.1 Å². The van der Waals surface area contributed by atoms with E-state index in [9.17, 15) is 13.6 Å². The molecule has 1 N–H and O–H groups in total. The molecular weight excluding hydrogens is 376 g/mol. The maximum atomic E-state index is 14.4. The van der Waals surface area contributed by atoms with E-state index < -0.39 is 23.6 Å². The molecule has 4 rings (SSSR count). The fourth-order valence-electron chi connectivity index (χ4n) is 3.37. The molecule has 2 heterocycles. The standard InChI is InChI=1S/C21H19F2N5O/c1-12-7-9-13(10-8-12)25-21-24-11-16-19(26-21)28(3)18(20(29)27(16)2)17-14(22)5-4-6-15(17)23/h4-11,18H,1-3H3,(H,24,25,26)/t18-/m1/s1. The molecule has 0 aliphatic carbocycles. The van der Waals surface area contributed by atoms with Gasteiger partial charge >= 0.3 is 0 Å². The zero-order valence-corrected chi connectivity index (χ0v) is 16.1. The molecule has 0 bridgehead atoms. The van der Waals surface area contributed by atoms with Crippen LogP contribution in [-0.2, 0) is 4.79 Å². The van der Waals surface area contributed by atoms with E-state index in [1.807, 2.05) is 31.2 Å². The van der Waals surface area contributed by atoms with Gasteiger partial charge in [-0.25, -0.2) is 13.8 Å². The molecule has 2 aromatic carbocycles. The molecule has 1 aliphatic rings. The molecule has 6 nitrogen and oxygen atoms in total. The molecule has 29 heavy (non-hydrogen) atoms. The van der Waals surface area contributed by atoms with Crippen molar-refractivity contribution in [1.82, 2.24) is 9.97 Å². The normalized spacial score (nSPS) is 16.0. The number of carbonyl (C=O) groups excluding carboxylic acids is 1. The van der Waals surface area contributed by atoms with Crippen LogP contribution in [0.4, 0.5) is 31.9 Å². The third-order valence-corrected chi connectivity index (χ3v) is 4.98. The van der Waals surface area contributed by atoms with E-state index in [2.05, 4.69) is 15.3 Å². The second-order valence-corrected chi connectivity index (χ2v) is 6.94. The summed E-state index contributed by atoms with van der Waals surface area (Å²) in [5.41, 5.74) is 2.08. The number of rotatable bonds is 3. The minimum Gasteiger partial charge on any atom is -0.342 e. The number of halogens is 2. The molecule has 0 fully saturated rings. The number of fused-ring (bicyclic) bond motifs is 1. The second kappa shape index (κ2) is 7.12. The summed E-state index contributed by atoms with van der Waals surface area (Å²) in [6.07, 6.45) is 1.52. The van der Waals surface area contributed by atoms with E-state index in [0.29, 0.717) is 17.5 Å². The van der Waals surface area contributed by atoms with Crippen LogP contribution in [0.15, 0.2) is 48.7 Å². The Morgan fingerprint density at radius 2 is 1.69 bits per heavy atom. The molecule has 3 aromatic rings. The number of nitrogens with one attached hydrogen (secondary N) is 1. The van der Waals surface area contributed by atoms with Gasteiger partial charge in [0.25, 0.3) is 5.91 Å². The zero-order chi connectivity index (χ0) is 20.7. The molecule has 1 aromatic heterocycles. The monoisotopic (exact) mass is 395 g/mol. The largest absolute Gasteiger partial charge is 0.342 e. The quantitative estimate of drug-likeness (QED) is 0.727. The first kappa shape index (κ1) is 18.8. The highest BCUT2D eigenvalue weighted by Gasteiger charge is 2.40. The van der Waals surface area contributed by atoms with Crippen molar-refractivity contribution < 1.29 is 13.6 Å². The van der Waals surface area contributed by atoms with Crippen molar-refractivity contribution in [3.63, 3.8) is 0 Å². The Morgan fingerprint density at radius 1 is 1.03 bits per heavy atom. The second-order valence-electron chi connectivity index (χ2n) is 6.94.